The molecule has 2 rings (SSSR count). The zero-order chi connectivity index (χ0) is 13.0. The van der Waals surface area contributed by atoms with Crippen LogP contribution in [0.5, 0.6) is 0 Å². The van der Waals surface area contributed by atoms with Crippen LogP contribution < -0.4 is 5.32 Å². The molecule has 6 heteroatoms. The van der Waals surface area contributed by atoms with Crippen molar-refractivity contribution in [2.24, 2.45) is 0 Å². The molecule has 1 aromatic rings. The highest BCUT2D eigenvalue weighted by Gasteiger charge is 2.23. The number of rotatable bonds is 4. The summed E-state index contributed by atoms with van der Waals surface area (Å²) in [7, 11) is 0. The summed E-state index contributed by atoms with van der Waals surface area (Å²) in [5, 5.41) is 4.23. The predicted molar refractivity (Wildman–Crippen MR) is 95.7 cm³/mol. The van der Waals surface area contributed by atoms with E-state index in [0.29, 0.717) is 6.04 Å². The van der Waals surface area contributed by atoms with Gasteiger partial charge in [0.15, 0.2) is 0 Å². The topological polar surface area (TPSA) is 15.3 Å². The number of hydrogen-bond donors (Lipinski definition) is 1. The van der Waals surface area contributed by atoms with Gasteiger partial charge in [-0.2, -0.15) is 0 Å². The molecule has 20 heavy (non-hydrogen) atoms. The summed E-state index contributed by atoms with van der Waals surface area (Å²) < 4.78 is 1.17. The molecule has 0 bridgehead atoms. The van der Waals surface area contributed by atoms with E-state index in [2.05, 4.69) is 45.2 Å². The van der Waals surface area contributed by atoms with Crippen molar-refractivity contribution in [3.05, 3.63) is 33.3 Å². The third kappa shape index (κ3) is 5.36. The molecule has 0 amide bonds. The molecule has 0 radical (unpaired) electrons. The normalized spacial score (nSPS) is 16.9. The lowest BCUT2D eigenvalue weighted by Crippen LogP contribution is -2.45. The lowest BCUT2D eigenvalue weighted by atomic mass is 10.00. The van der Waals surface area contributed by atoms with Crippen molar-refractivity contribution in [3.8, 4) is 0 Å². The van der Waals surface area contributed by atoms with Crippen molar-refractivity contribution in [3.63, 3.8) is 0 Å². The first-order valence-electron chi connectivity index (χ1n) is 6.62. The second-order valence-electron chi connectivity index (χ2n) is 4.76. The Hall–Kier alpha value is 0.490. The lowest BCUT2D eigenvalue weighted by Gasteiger charge is -2.35. The van der Waals surface area contributed by atoms with Crippen molar-refractivity contribution in [2.75, 3.05) is 26.2 Å². The molecule has 2 nitrogen and oxygen atoms in total. The van der Waals surface area contributed by atoms with Gasteiger partial charge in [-0.05, 0) is 30.2 Å². The Kier molecular flexibility index (Phi) is 10.5. The highest BCUT2D eigenvalue weighted by molar-refractivity contribution is 9.10. The number of nitrogens with one attached hydrogen (secondary N) is 1. The van der Waals surface area contributed by atoms with Crippen LogP contribution in [0, 0.1) is 0 Å². The van der Waals surface area contributed by atoms with E-state index in [0.717, 1.165) is 31.2 Å². The van der Waals surface area contributed by atoms with Gasteiger partial charge in [0.1, 0.15) is 0 Å². The molecule has 0 aromatic heterocycles. The molecule has 1 aliphatic rings. The van der Waals surface area contributed by atoms with Crippen LogP contribution in [0.3, 0.4) is 0 Å². The maximum absolute atomic E-state index is 6.15. The molecule has 0 aliphatic carbocycles. The smallest absolute Gasteiger partial charge is 0.0410 e. The third-order valence-corrected chi connectivity index (χ3v) is 4.43. The molecule has 0 saturated carbocycles. The Balaban J connectivity index is 0.00000180. The van der Waals surface area contributed by atoms with Crippen molar-refractivity contribution in [1.82, 2.24) is 10.2 Å². The van der Waals surface area contributed by atoms with Crippen LogP contribution in [0.25, 0.3) is 0 Å². The SMILES string of the molecule is CCC[C@H](c1cc(Cl)ccc1Br)N1CCNCC1.Cl.Cl. The molecular formula is C14H22BrCl3N2. The highest BCUT2D eigenvalue weighted by atomic mass is 79.9. The van der Waals surface area contributed by atoms with Crippen LogP contribution in [0.1, 0.15) is 31.4 Å². The van der Waals surface area contributed by atoms with Gasteiger partial charge in [0, 0.05) is 41.7 Å². The van der Waals surface area contributed by atoms with E-state index in [1.54, 1.807) is 0 Å². The maximum Gasteiger partial charge on any atom is 0.0410 e. The first-order valence-corrected chi connectivity index (χ1v) is 7.79. The van der Waals surface area contributed by atoms with E-state index in [4.69, 9.17) is 11.6 Å². The number of halogens is 4. The Labute approximate surface area is 147 Å². The minimum Gasteiger partial charge on any atom is -0.314 e. The number of hydrogen-bond acceptors (Lipinski definition) is 2. The van der Waals surface area contributed by atoms with Crippen LogP contribution in [-0.2, 0) is 0 Å². The molecule has 1 saturated heterocycles. The van der Waals surface area contributed by atoms with Gasteiger partial charge in [0.25, 0.3) is 0 Å². The molecule has 1 atom stereocenters. The van der Waals surface area contributed by atoms with Gasteiger partial charge < -0.3 is 5.32 Å². The maximum atomic E-state index is 6.15. The van der Waals surface area contributed by atoms with Gasteiger partial charge in [0.05, 0.1) is 0 Å². The van der Waals surface area contributed by atoms with Crippen molar-refractivity contribution >= 4 is 52.3 Å². The molecule has 1 fully saturated rings. The van der Waals surface area contributed by atoms with Crippen molar-refractivity contribution in [2.45, 2.75) is 25.8 Å². The van der Waals surface area contributed by atoms with E-state index in [9.17, 15) is 0 Å². The Bertz CT molecular complexity index is 398. The monoisotopic (exact) mass is 402 g/mol. The Morgan fingerprint density at radius 3 is 2.55 bits per heavy atom. The van der Waals surface area contributed by atoms with E-state index in [-0.39, 0.29) is 24.8 Å². The van der Waals surface area contributed by atoms with Gasteiger partial charge >= 0.3 is 0 Å². The minimum absolute atomic E-state index is 0. The fourth-order valence-electron chi connectivity index (χ4n) is 2.57. The van der Waals surface area contributed by atoms with Gasteiger partial charge in [-0.25, -0.2) is 0 Å². The highest BCUT2D eigenvalue weighted by Crippen LogP contribution is 2.33. The largest absolute Gasteiger partial charge is 0.314 e. The summed E-state index contributed by atoms with van der Waals surface area (Å²) in [5.41, 5.74) is 1.33. The average Bonchev–Trinajstić information content (AvgIpc) is 2.40. The van der Waals surface area contributed by atoms with Crippen molar-refractivity contribution < 1.29 is 0 Å². The molecule has 1 N–H and O–H groups in total. The zero-order valence-corrected chi connectivity index (χ0v) is 15.5. The van der Waals surface area contributed by atoms with Gasteiger partial charge in [-0.15, -0.1) is 24.8 Å². The molecule has 1 aromatic carbocycles. The first kappa shape index (κ1) is 20.5. The molecule has 0 spiro atoms. The summed E-state index contributed by atoms with van der Waals surface area (Å²) >= 11 is 9.82. The number of piperazine rings is 1. The lowest BCUT2D eigenvalue weighted by molar-refractivity contribution is 0.164. The van der Waals surface area contributed by atoms with Crippen LogP contribution in [0.15, 0.2) is 22.7 Å². The summed E-state index contributed by atoms with van der Waals surface area (Å²) in [5.74, 6) is 0. The predicted octanol–water partition coefficient (Wildman–Crippen LogP) is 4.69. The first-order chi connectivity index (χ1) is 8.72. The second kappa shape index (κ2) is 10.3. The van der Waals surface area contributed by atoms with Crippen LogP contribution >= 0.6 is 52.3 Å². The average molecular weight is 405 g/mol. The van der Waals surface area contributed by atoms with E-state index in [1.165, 1.54) is 22.9 Å². The number of benzene rings is 1. The quantitative estimate of drug-likeness (QED) is 0.783. The summed E-state index contributed by atoms with van der Waals surface area (Å²) in [6.07, 6.45) is 2.37. The molecule has 1 aliphatic heterocycles. The number of nitrogens with zero attached hydrogens (tertiary/aromatic N) is 1. The van der Waals surface area contributed by atoms with E-state index in [1.807, 2.05) is 6.07 Å². The fourth-order valence-corrected chi connectivity index (χ4v) is 3.26. The van der Waals surface area contributed by atoms with Crippen LogP contribution in [0.4, 0.5) is 0 Å². The third-order valence-electron chi connectivity index (χ3n) is 3.47. The Morgan fingerprint density at radius 2 is 1.95 bits per heavy atom. The fraction of sp³-hybridized carbons (Fsp3) is 0.571. The molecule has 0 unspecified atom stereocenters. The molecule has 116 valence electrons. The van der Waals surface area contributed by atoms with Gasteiger partial charge in [0.2, 0.25) is 0 Å². The van der Waals surface area contributed by atoms with Gasteiger partial charge in [-0.3, -0.25) is 4.90 Å². The van der Waals surface area contributed by atoms with Crippen LogP contribution in [-0.4, -0.2) is 31.1 Å². The Morgan fingerprint density at radius 1 is 1.30 bits per heavy atom. The minimum atomic E-state index is 0. The van der Waals surface area contributed by atoms with Gasteiger partial charge in [-0.1, -0.05) is 40.9 Å². The summed E-state index contributed by atoms with van der Waals surface area (Å²) in [4.78, 5) is 2.57. The second-order valence-corrected chi connectivity index (χ2v) is 6.05. The molecular weight excluding hydrogens is 382 g/mol. The summed E-state index contributed by atoms with van der Waals surface area (Å²) in [6.45, 7) is 6.64. The van der Waals surface area contributed by atoms with E-state index >= 15 is 0 Å². The summed E-state index contributed by atoms with van der Waals surface area (Å²) in [6, 6.07) is 6.58. The van der Waals surface area contributed by atoms with E-state index < -0.39 is 0 Å². The standard InChI is InChI=1S/C14H20BrClN2.2ClH/c1-2-3-14(18-8-6-17-7-9-18)12-10-11(16)4-5-13(12)15;;/h4-5,10,14,17H,2-3,6-9H2,1H3;2*1H/t14-;;/m1../s1. The molecule has 1 heterocycles. The van der Waals surface area contributed by atoms with Crippen LogP contribution in [0.2, 0.25) is 5.02 Å². The van der Waals surface area contributed by atoms with Crippen molar-refractivity contribution in [1.29, 1.82) is 0 Å². The zero-order valence-electron chi connectivity index (χ0n) is 11.6.